The maximum atomic E-state index is 11.5. The van der Waals surface area contributed by atoms with Gasteiger partial charge in [-0.15, -0.1) is 6.58 Å². The molecule has 0 spiro atoms. The van der Waals surface area contributed by atoms with Gasteiger partial charge in [-0.25, -0.2) is 19.6 Å². The molecule has 0 aliphatic carbocycles. The van der Waals surface area contributed by atoms with Crippen LogP contribution in [0.5, 0.6) is 0 Å². The lowest BCUT2D eigenvalue weighted by Crippen LogP contribution is -2.08. The molecule has 0 unspecified atom stereocenters. The molecule has 0 saturated carbocycles. The van der Waals surface area contributed by atoms with Crippen LogP contribution in [0.15, 0.2) is 35.5 Å². The Morgan fingerprint density at radius 3 is 2.35 bits per heavy atom. The monoisotopic (exact) mass is 528 g/mol. The van der Waals surface area contributed by atoms with E-state index in [2.05, 4.69) is 52.3 Å². The van der Waals surface area contributed by atoms with Gasteiger partial charge in [0.15, 0.2) is 11.4 Å². The quantitative estimate of drug-likeness (QED) is 0.266. The number of esters is 2. The van der Waals surface area contributed by atoms with Crippen molar-refractivity contribution in [3.63, 3.8) is 0 Å². The van der Waals surface area contributed by atoms with Gasteiger partial charge in [0.1, 0.15) is 10.3 Å². The van der Waals surface area contributed by atoms with Crippen LogP contribution in [-0.2, 0) is 9.47 Å². The Kier molecular flexibility index (Phi) is 8.85. The fourth-order valence-electron chi connectivity index (χ4n) is 2.57. The molecule has 3 heterocycles. The van der Waals surface area contributed by atoms with E-state index in [9.17, 15) is 9.59 Å². The minimum atomic E-state index is -0.545. The largest absolute Gasteiger partial charge is 0.464 e. The van der Waals surface area contributed by atoms with Crippen molar-refractivity contribution in [2.24, 2.45) is 0 Å². The number of aromatic amines is 1. The van der Waals surface area contributed by atoms with E-state index >= 15 is 0 Å². The number of ether oxygens (including phenoxy) is 2. The second-order valence-electron chi connectivity index (χ2n) is 6.00. The first-order valence-corrected chi connectivity index (χ1v) is 10.3. The third kappa shape index (κ3) is 5.96. The van der Waals surface area contributed by atoms with Crippen molar-refractivity contribution in [3.8, 4) is 0 Å². The van der Waals surface area contributed by atoms with Gasteiger partial charge in [0, 0.05) is 18.1 Å². The van der Waals surface area contributed by atoms with E-state index in [0.29, 0.717) is 16.7 Å². The standard InChI is InChI=1S/C10H10BrClN2O2.C10H9ClN2O2/c1-3-4-13-6-5-7(12)14-9(8(6)11)10(15)16-2;1-5-4-12-6-3-7(11)13-9(8(5)6)10(14)15-2/h3,5H,1,4H2,2H3,(H,13,14);3-4,12H,1-2H3. The summed E-state index contributed by atoms with van der Waals surface area (Å²) < 4.78 is 9.76. The second-order valence-corrected chi connectivity index (χ2v) is 7.56. The number of fused-ring (bicyclic) bond motifs is 1. The molecule has 3 aromatic heterocycles. The molecule has 0 saturated heterocycles. The summed E-state index contributed by atoms with van der Waals surface area (Å²) in [6.45, 7) is 6.03. The van der Waals surface area contributed by atoms with Crippen LogP contribution in [0.2, 0.25) is 10.3 Å². The molecule has 3 rings (SSSR count). The van der Waals surface area contributed by atoms with Gasteiger partial charge >= 0.3 is 11.9 Å². The van der Waals surface area contributed by atoms with Crippen molar-refractivity contribution in [3.05, 3.63) is 62.7 Å². The molecule has 164 valence electrons. The van der Waals surface area contributed by atoms with Crippen LogP contribution in [0.1, 0.15) is 26.5 Å². The molecular weight excluding hydrogens is 511 g/mol. The van der Waals surface area contributed by atoms with Crippen LogP contribution < -0.4 is 5.32 Å². The number of carbonyl (C=O) groups excluding carboxylic acids is 2. The Balaban J connectivity index is 0.000000220. The van der Waals surface area contributed by atoms with Crippen molar-refractivity contribution in [1.82, 2.24) is 15.0 Å². The Hall–Kier alpha value is -2.62. The first kappa shape index (κ1) is 24.6. The van der Waals surface area contributed by atoms with Crippen LogP contribution in [-0.4, -0.2) is 47.7 Å². The van der Waals surface area contributed by atoms with Gasteiger partial charge in [0.2, 0.25) is 0 Å². The zero-order valence-corrected chi connectivity index (χ0v) is 20.0. The van der Waals surface area contributed by atoms with Gasteiger partial charge in [0.25, 0.3) is 0 Å². The number of methoxy groups -OCH3 is 2. The van der Waals surface area contributed by atoms with Crippen LogP contribution in [0.3, 0.4) is 0 Å². The summed E-state index contributed by atoms with van der Waals surface area (Å²) in [6.07, 6.45) is 3.49. The number of pyridine rings is 2. The van der Waals surface area contributed by atoms with E-state index in [0.717, 1.165) is 16.5 Å². The second kappa shape index (κ2) is 11.1. The van der Waals surface area contributed by atoms with E-state index in [4.69, 9.17) is 23.2 Å². The van der Waals surface area contributed by atoms with Crippen molar-refractivity contribution in [2.75, 3.05) is 26.1 Å². The normalized spacial score (nSPS) is 10.1. The summed E-state index contributed by atoms with van der Waals surface area (Å²) in [6, 6.07) is 3.29. The number of hydrogen-bond donors (Lipinski definition) is 2. The Labute approximate surface area is 197 Å². The van der Waals surface area contributed by atoms with Crippen LogP contribution >= 0.6 is 39.1 Å². The molecule has 31 heavy (non-hydrogen) atoms. The highest BCUT2D eigenvalue weighted by Crippen LogP contribution is 2.28. The molecule has 0 aliphatic rings. The lowest BCUT2D eigenvalue weighted by atomic mass is 10.1. The number of nitrogens with one attached hydrogen (secondary N) is 2. The van der Waals surface area contributed by atoms with Gasteiger partial charge in [-0.05, 0) is 40.5 Å². The smallest absolute Gasteiger partial charge is 0.357 e. The number of carbonyl (C=O) groups is 2. The summed E-state index contributed by atoms with van der Waals surface area (Å²) in [4.78, 5) is 33.7. The average molecular weight is 530 g/mol. The summed E-state index contributed by atoms with van der Waals surface area (Å²) in [5.74, 6) is -1.03. The van der Waals surface area contributed by atoms with Crippen LogP contribution in [0.25, 0.3) is 10.9 Å². The fourth-order valence-corrected chi connectivity index (χ4v) is 3.46. The summed E-state index contributed by atoms with van der Waals surface area (Å²) >= 11 is 14.9. The van der Waals surface area contributed by atoms with E-state index in [1.165, 1.54) is 14.2 Å². The summed E-state index contributed by atoms with van der Waals surface area (Å²) in [5, 5.41) is 4.27. The molecule has 3 aromatic rings. The number of aryl methyl sites for hydroxylation is 1. The lowest BCUT2D eigenvalue weighted by Gasteiger charge is -2.09. The van der Waals surface area contributed by atoms with Gasteiger partial charge in [-0.2, -0.15) is 0 Å². The first-order valence-electron chi connectivity index (χ1n) is 8.75. The Morgan fingerprint density at radius 1 is 1.16 bits per heavy atom. The molecule has 0 aliphatic heterocycles. The van der Waals surface area contributed by atoms with Crippen molar-refractivity contribution in [2.45, 2.75) is 6.92 Å². The van der Waals surface area contributed by atoms with E-state index < -0.39 is 11.9 Å². The summed E-state index contributed by atoms with van der Waals surface area (Å²) in [7, 11) is 2.60. The molecule has 2 N–H and O–H groups in total. The van der Waals surface area contributed by atoms with Gasteiger partial charge in [0.05, 0.1) is 29.9 Å². The highest BCUT2D eigenvalue weighted by Gasteiger charge is 2.17. The number of hydrogen-bond acceptors (Lipinski definition) is 7. The molecule has 0 aromatic carbocycles. The minimum absolute atomic E-state index is 0.140. The van der Waals surface area contributed by atoms with Crippen LogP contribution in [0, 0.1) is 6.92 Å². The zero-order valence-electron chi connectivity index (χ0n) is 16.9. The number of anilines is 1. The van der Waals surface area contributed by atoms with E-state index in [-0.39, 0.29) is 21.7 Å². The Morgan fingerprint density at radius 2 is 1.74 bits per heavy atom. The average Bonchev–Trinajstić information content (AvgIpc) is 3.13. The molecule has 0 fully saturated rings. The van der Waals surface area contributed by atoms with Gasteiger partial charge in [-0.3, -0.25) is 0 Å². The molecular formula is C20H19BrCl2N4O4. The zero-order chi connectivity index (χ0) is 23.1. The van der Waals surface area contributed by atoms with Crippen molar-refractivity contribution < 1.29 is 19.1 Å². The molecule has 0 bridgehead atoms. The van der Waals surface area contributed by atoms with Crippen molar-refractivity contribution in [1.29, 1.82) is 0 Å². The van der Waals surface area contributed by atoms with Crippen molar-refractivity contribution >= 4 is 67.7 Å². The predicted molar refractivity (Wildman–Crippen MR) is 124 cm³/mol. The Bertz CT molecular complexity index is 1130. The third-order valence-electron chi connectivity index (χ3n) is 3.95. The molecule has 0 atom stereocenters. The highest BCUT2D eigenvalue weighted by molar-refractivity contribution is 9.10. The molecule has 0 radical (unpaired) electrons. The first-order chi connectivity index (χ1) is 14.7. The molecule has 11 heteroatoms. The van der Waals surface area contributed by atoms with Gasteiger partial charge < -0.3 is 19.8 Å². The number of nitrogens with zero attached hydrogens (tertiary/aromatic N) is 2. The minimum Gasteiger partial charge on any atom is -0.464 e. The molecule has 0 amide bonds. The molecule has 8 nitrogen and oxygen atoms in total. The SMILES string of the molecule is C=CCNc1cc(Cl)nc(C(=O)OC)c1Br.COC(=O)c1nc(Cl)cc2[nH]cc(C)c12. The maximum absolute atomic E-state index is 11.5. The number of rotatable bonds is 5. The lowest BCUT2D eigenvalue weighted by molar-refractivity contribution is 0.0586. The number of aromatic nitrogens is 3. The predicted octanol–water partition coefficient (Wildman–Crippen LogP) is 5.19. The van der Waals surface area contributed by atoms with E-state index in [1.54, 1.807) is 24.4 Å². The fraction of sp³-hybridized carbons (Fsp3) is 0.200. The maximum Gasteiger partial charge on any atom is 0.357 e. The highest BCUT2D eigenvalue weighted by atomic mass is 79.9. The number of halogens is 3. The topological polar surface area (TPSA) is 106 Å². The van der Waals surface area contributed by atoms with E-state index in [1.807, 2.05) is 6.92 Å². The third-order valence-corrected chi connectivity index (χ3v) is 5.14. The summed E-state index contributed by atoms with van der Waals surface area (Å²) in [5.41, 5.74) is 2.78. The number of H-pyrrole nitrogens is 1. The van der Waals surface area contributed by atoms with Gasteiger partial charge in [-0.1, -0.05) is 29.3 Å². The van der Waals surface area contributed by atoms with Crippen LogP contribution in [0.4, 0.5) is 5.69 Å².